The predicted octanol–water partition coefficient (Wildman–Crippen LogP) is 1.49. The maximum absolute atomic E-state index is 5.88. The van der Waals surface area contributed by atoms with Crippen LogP contribution in [0.5, 0.6) is 0 Å². The van der Waals surface area contributed by atoms with Crippen molar-refractivity contribution in [3.8, 4) is 11.3 Å². The third kappa shape index (κ3) is 3.13. The third-order valence-corrected chi connectivity index (χ3v) is 3.35. The largest absolute Gasteiger partial charge is 0.382 e. The van der Waals surface area contributed by atoms with Gasteiger partial charge in [0, 0.05) is 22.7 Å². The molecular formula is C16H17N7. The van der Waals surface area contributed by atoms with Gasteiger partial charge in [-0.1, -0.05) is 24.3 Å². The molecule has 7 heteroatoms. The number of anilines is 1. The Balaban J connectivity index is 1.95. The SMILES string of the molecule is NC(N)=NCC=Cc1nc(-c2c[nH]c3ccccc23)cnc1N. The number of nitrogens with zero attached hydrogens (tertiary/aromatic N) is 3. The second kappa shape index (κ2) is 6.18. The fourth-order valence-electron chi connectivity index (χ4n) is 2.27. The molecule has 0 bridgehead atoms. The van der Waals surface area contributed by atoms with E-state index in [1.54, 1.807) is 18.3 Å². The van der Waals surface area contributed by atoms with Crippen LogP contribution < -0.4 is 17.2 Å². The number of hydrogen-bond acceptors (Lipinski definition) is 4. The number of hydrogen-bond donors (Lipinski definition) is 4. The third-order valence-electron chi connectivity index (χ3n) is 3.35. The molecule has 0 saturated heterocycles. The summed E-state index contributed by atoms with van der Waals surface area (Å²) in [6, 6.07) is 8.02. The lowest BCUT2D eigenvalue weighted by Gasteiger charge is -2.03. The average molecular weight is 307 g/mol. The molecular weight excluding hydrogens is 290 g/mol. The Morgan fingerprint density at radius 3 is 2.91 bits per heavy atom. The lowest BCUT2D eigenvalue weighted by atomic mass is 10.1. The van der Waals surface area contributed by atoms with Crippen LogP contribution in [0, 0.1) is 0 Å². The lowest BCUT2D eigenvalue weighted by molar-refractivity contribution is 1.18. The molecule has 23 heavy (non-hydrogen) atoms. The van der Waals surface area contributed by atoms with Crippen LogP contribution in [0.25, 0.3) is 28.2 Å². The van der Waals surface area contributed by atoms with Crippen LogP contribution in [0.3, 0.4) is 0 Å². The number of guanidine groups is 1. The van der Waals surface area contributed by atoms with Crippen LogP contribution in [-0.4, -0.2) is 27.5 Å². The molecule has 0 unspecified atom stereocenters. The van der Waals surface area contributed by atoms with E-state index in [9.17, 15) is 0 Å². The molecule has 2 heterocycles. The van der Waals surface area contributed by atoms with Crippen molar-refractivity contribution in [2.45, 2.75) is 0 Å². The Kier molecular flexibility index (Phi) is 3.92. The summed E-state index contributed by atoms with van der Waals surface area (Å²) >= 11 is 0. The number of aliphatic imine (C=N–C) groups is 1. The number of rotatable bonds is 4. The van der Waals surface area contributed by atoms with Crippen molar-refractivity contribution < 1.29 is 0 Å². The van der Waals surface area contributed by atoms with E-state index in [2.05, 4.69) is 19.9 Å². The smallest absolute Gasteiger partial charge is 0.186 e. The van der Waals surface area contributed by atoms with Gasteiger partial charge in [0.15, 0.2) is 5.96 Å². The number of nitrogen functional groups attached to an aromatic ring is 1. The molecule has 116 valence electrons. The normalized spacial score (nSPS) is 11.1. The monoisotopic (exact) mass is 307 g/mol. The molecule has 0 aliphatic heterocycles. The summed E-state index contributed by atoms with van der Waals surface area (Å²) in [4.78, 5) is 15.9. The molecule has 0 fully saturated rings. The molecule has 0 spiro atoms. The quantitative estimate of drug-likeness (QED) is 0.428. The topological polar surface area (TPSA) is 132 Å². The fraction of sp³-hybridized carbons (Fsp3) is 0.0625. The zero-order valence-electron chi connectivity index (χ0n) is 12.4. The molecule has 1 aromatic carbocycles. The van der Waals surface area contributed by atoms with Crippen LogP contribution in [-0.2, 0) is 0 Å². The molecule has 3 aromatic rings. The molecule has 0 aliphatic rings. The molecule has 0 amide bonds. The maximum Gasteiger partial charge on any atom is 0.186 e. The summed E-state index contributed by atoms with van der Waals surface area (Å²) in [5.74, 6) is 0.399. The Hall–Kier alpha value is -3.35. The van der Waals surface area contributed by atoms with Gasteiger partial charge < -0.3 is 22.2 Å². The molecule has 3 rings (SSSR count). The Labute approximate surface area is 133 Å². The van der Waals surface area contributed by atoms with Crippen LogP contribution in [0.4, 0.5) is 5.82 Å². The number of benzene rings is 1. The number of aromatic nitrogens is 3. The van der Waals surface area contributed by atoms with Crippen molar-refractivity contribution in [1.29, 1.82) is 0 Å². The zero-order valence-corrected chi connectivity index (χ0v) is 12.4. The van der Waals surface area contributed by atoms with Crippen molar-refractivity contribution in [3.05, 3.63) is 48.4 Å². The van der Waals surface area contributed by atoms with Crippen molar-refractivity contribution in [2.75, 3.05) is 12.3 Å². The highest BCUT2D eigenvalue weighted by Gasteiger charge is 2.09. The van der Waals surface area contributed by atoms with Crippen LogP contribution in [0.2, 0.25) is 0 Å². The van der Waals surface area contributed by atoms with Crippen LogP contribution in [0.1, 0.15) is 5.69 Å². The second-order valence-corrected chi connectivity index (χ2v) is 4.94. The van der Waals surface area contributed by atoms with E-state index in [-0.39, 0.29) is 5.96 Å². The van der Waals surface area contributed by atoms with E-state index in [4.69, 9.17) is 17.2 Å². The number of H-pyrrole nitrogens is 1. The number of para-hydroxylation sites is 1. The summed E-state index contributed by atoms with van der Waals surface area (Å²) in [6.45, 7) is 0.362. The number of fused-ring (bicyclic) bond motifs is 1. The summed E-state index contributed by atoms with van der Waals surface area (Å²) in [6.07, 6.45) is 7.11. The van der Waals surface area contributed by atoms with Crippen molar-refractivity contribution >= 4 is 28.8 Å². The van der Waals surface area contributed by atoms with Crippen molar-refractivity contribution in [1.82, 2.24) is 15.0 Å². The second-order valence-electron chi connectivity index (χ2n) is 4.94. The van der Waals surface area contributed by atoms with Gasteiger partial charge in [-0.2, -0.15) is 0 Å². The molecule has 0 radical (unpaired) electrons. The molecule has 7 nitrogen and oxygen atoms in total. The van der Waals surface area contributed by atoms with Gasteiger partial charge in [0.1, 0.15) is 11.5 Å². The number of nitrogens with two attached hydrogens (primary N) is 3. The Morgan fingerprint density at radius 2 is 2.09 bits per heavy atom. The van der Waals surface area contributed by atoms with Gasteiger partial charge in [0.25, 0.3) is 0 Å². The van der Waals surface area contributed by atoms with Gasteiger partial charge in [-0.3, -0.25) is 0 Å². The average Bonchev–Trinajstić information content (AvgIpc) is 2.97. The highest BCUT2D eigenvalue weighted by Crippen LogP contribution is 2.27. The van der Waals surface area contributed by atoms with E-state index in [1.807, 2.05) is 30.5 Å². The summed E-state index contributed by atoms with van der Waals surface area (Å²) in [5, 5.41) is 1.09. The molecule has 7 N–H and O–H groups in total. The van der Waals surface area contributed by atoms with E-state index >= 15 is 0 Å². The van der Waals surface area contributed by atoms with E-state index in [0.29, 0.717) is 18.1 Å². The first-order valence-corrected chi connectivity index (χ1v) is 7.06. The van der Waals surface area contributed by atoms with E-state index in [1.165, 1.54) is 0 Å². The fourth-order valence-corrected chi connectivity index (χ4v) is 2.27. The van der Waals surface area contributed by atoms with Crippen LogP contribution >= 0.6 is 0 Å². The molecule has 0 aliphatic carbocycles. The number of nitrogens with one attached hydrogen (secondary N) is 1. The maximum atomic E-state index is 5.88. The Bertz CT molecular complexity index is 888. The first-order valence-electron chi connectivity index (χ1n) is 7.06. The van der Waals surface area contributed by atoms with Gasteiger partial charge in [-0.25, -0.2) is 15.0 Å². The van der Waals surface area contributed by atoms with Gasteiger partial charge in [-0.05, 0) is 12.1 Å². The minimum absolute atomic E-state index is 0.0428. The predicted molar refractivity (Wildman–Crippen MR) is 93.4 cm³/mol. The first-order chi connectivity index (χ1) is 11.1. The summed E-state index contributed by atoms with van der Waals surface area (Å²) in [7, 11) is 0. The molecule has 0 saturated carbocycles. The minimum atomic E-state index is 0.0428. The minimum Gasteiger partial charge on any atom is -0.382 e. The molecule has 2 aromatic heterocycles. The lowest BCUT2D eigenvalue weighted by Crippen LogP contribution is -2.22. The van der Waals surface area contributed by atoms with Crippen molar-refractivity contribution in [3.63, 3.8) is 0 Å². The first kappa shape index (κ1) is 14.6. The standard InChI is InChI=1S/C16H17N7/c17-15-13(6-3-7-20-16(18)19)23-14(9-22-15)11-8-21-12-5-2-1-4-10(11)12/h1-6,8-9,21H,7H2,(H2,17,22)(H4,18,19,20). The highest BCUT2D eigenvalue weighted by molar-refractivity contribution is 5.94. The van der Waals surface area contributed by atoms with Crippen LogP contribution in [0.15, 0.2) is 47.7 Å². The number of aromatic amines is 1. The van der Waals surface area contributed by atoms with E-state index in [0.717, 1.165) is 22.2 Å². The Morgan fingerprint density at radius 1 is 1.26 bits per heavy atom. The highest BCUT2D eigenvalue weighted by atomic mass is 15.0. The molecule has 0 atom stereocenters. The zero-order chi connectivity index (χ0) is 16.2. The van der Waals surface area contributed by atoms with Crippen molar-refractivity contribution in [2.24, 2.45) is 16.5 Å². The van der Waals surface area contributed by atoms with Gasteiger partial charge in [-0.15, -0.1) is 0 Å². The van der Waals surface area contributed by atoms with Gasteiger partial charge >= 0.3 is 0 Å². The van der Waals surface area contributed by atoms with Gasteiger partial charge in [0.2, 0.25) is 0 Å². The summed E-state index contributed by atoms with van der Waals surface area (Å²) < 4.78 is 0. The van der Waals surface area contributed by atoms with Gasteiger partial charge in [0.05, 0.1) is 18.4 Å². The van der Waals surface area contributed by atoms with E-state index < -0.39 is 0 Å². The summed E-state index contributed by atoms with van der Waals surface area (Å²) in [5.41, 5.74) is 19.8.